The van der Waals surface area contributed by atoms with E-state index >= 15 is 0 Å². The molecule has 2 N–H and O–H groups in total. The first-order valence-corrected chi connectivity index (χ1v) is 9.18. The lowest BCUT2D eigenvalue weighted by Gasteiger charge is -2.09. The Morgan fingerprint density at radius 2 is 1.71 bits per heavy atom. The van der Waals surface area contributed by atoms with E-state index in [1.807, 2.05) is 0 Å². The molecule has 0 aliphatic rings. The van der Waals surface area contributed by atoms with Crippen LogP contribution in [0.2, 0.25) is 5.02 Å². The number of nitrogens with zero attached hydrogens (tertiary/aromatic N) is 1. The van der Waals surface area contributed by atoms with Crippen LogP contribution in [0.15, 0.2) is 39.8 Å². The van der Waals surface area contributed by atoms with E-state index in [1.54, 1.807) is 0 Å². The number of aromatic nitrogens is 1. The second kappa shape index (κ2) is 7.15. The number of sulfonamides is 1. The summed E-state index contributed by atoms with van der Waals surface area (Å²) in [5.74, 6) is -4.75. The maximum absolute atomic E-state index is 14.5. The lowest BCUT2D eigenvalue weighted by atomic mass is 9.98. The number of rotatable bonds is 4. The largest absolute Gasteiger partial charge is 0.354 e. The van der Waals surface area contributed by atoms with E-state index in [0.29, 0.717) is 6.07 Å². The van der Waals surface area contributed by atoms with Crippen molar-refractivity contribution in [1.29, 1.82) is 0 Å². The second-order valence-electron chi connectivity index (χ2n) is 5.51. The molecule has 0 atom stereocenters. The van der Waals surface area contributed by atoms with Crippen LogP contribution in [0.4, 0.5) is 22.0 Å². The fourth-order valence-corrected chi connectivity index (χ4v) is 3.27. The summed E-state index contributed by atoms with van der Waals surface area (Å²) in [4.78, 5) is -1.16. The number of alkyl halides is 2. The molecule has 1 aromatic heterocycles. The third kappa shape index (κ3) is 3.60. The first kappa shape index (κ1) is 20.2. The highest BCUT2D eigenvalue weighted by Crippen LogP contribution is 2.41. The third-order valence-electron chi connectivity index (χ3n) is 3.71. The van der Waals surface area contributed by atoms with Gasteiger partial charge >= 0.3 is 0 Å². The average Bonchev–Trinajstić information content (AvgIpc) is 3.03. The molecule has 0 bridgehead atoms. The summed E-state index contributed by atoms with van der Waals surface area (Å²) in [6, 6.07) is 3.69. The molecule has 0 saturated heterocycles. The van der Waals surface area contributed by atoms with Gasteiger partial charge < -0.3 is 4.52 Å². The monoisotopic (exact) mass is 438 g/mol. The lowest BCUT2D eigenvalue weighted by Crippen LogP contribution is -2.14. The number of halogens is 6. The van der Waals surface area contributed by atoms with Crippen molar-refractivity contribution in [3.63, 3.8) is 0 Å². The van der Waals surface area contributed by atoms with Crippen LogP contribution in [0, 0.1) is 17.5 Å². The fraction of sp³-hybridized carbons (Fsp3) is 0.0625. The highest BCUT2D eigenvalue weighted by Gasteiger charge is 2.29. The van der Waals surface area contributed by atoms with Crippen molar-refractivity contribution in [2.75, 3.05) is 0 Å². The molecule has 0 aliphatic carbocycles. The number of nitrogens with two attached hydrogens (primary N) is 1. The quantitative estimate of drug-likeness (QED) is 0.600. The molecule has 0 unspecified atom stereocenters. The highest BCUT2D eigenvalue weighted by molar-refractivity contribution is 7.89. The predicted molar refractivity (Wildman–Crippen MR) is 88.6 cm³/mol. The summed E-state index contributed by atoms with van der Waals surface area (Å²) in [5, 5.41) is 7.84. The first-order valence-electron chi connectivity index (χ1n) is 7.26. The van der Waals surface area contributed by atoms with Gasteiger partial charge in [-0.25, -0.2) is 35.5 Å². The topological polar surface area (TPSA) is 86.2 Å². The summed E-state index contributed by atoms with van der Waals surface area (Å²) >= 11 is 5.66. The molecular formula is C16H8ClF5N2O3S. The maximum Gasteiger partial charge on any atom is 0.298 e. The molecule has 0 aliphatic heterocycles. The molecule has 0 radical (unpaired) electrons. The second-order valence-corrected chi connectivity index (χ2v) is 7.44. The van der Waals surface area contributed by atoms with Gasteiger partial charge in [-0.1, -0.05) is 16.8 Å². The molecule has 0 spiro atoms. The molecule has 28 heavy (non-hydrogen) atoms. The zero-order valence-corrected chi connectivity index (χ0v) is 15.0. The Balaban J connectivity index is 2.31. The molecule has 0 saturated carbocycles. The number of hydrogen-bond acceptors (Lipinski definition) is 4. The zero-order valence-electron chi connectivity index (χ0n) is 13.4. The van der Waals surface area contributed by atoms with Crippen LogP contribution < -0.4 is 5.14 Å². The smallest absolute Gasteiger partial charge is 0.298 e. The first-order chi connectivity index (χ1) is 13.0. The highest BCUT2D eigenvalue weighted by atomic mass is 35.5. The van der Waals surface area contributed by atoms with Gasteiger partial charge in [0.15, 0.2) is 0 Å². The van der Waals surface area contributed by atoms with Gasteiger partial charge in [0, 0.05) is 11.1 Å². The van der Waals surface area contributed by atoms with Crippen molar-refractivity contribution in [3.8, 4) is 22.4 Å². The molecule has 5 nitrogen and oxygen atoms in total. The Kier molecular flexibility index (Phi) is 5.17. The van der Waals surface area contributed by atoms with Gasteiger partial charge in [-0.15, -0.1) is 0 Å². The van der Waals surface area contributed by atoms with E-state index in [2.05, 4.69) is 9.68 Å². The number of hydrogen-bond donors (Lipinski definition) is 1. The Morgan fingerprint density at radius 1 is 1.04 bits per heavy atom. The normalized spacial score (nSPS) is 12.0. The Morgan fingerprint density at radius 3 is 2.29 bits per heavy atom. The summed E-state index contributed by atoms with van der Waals surface area (Å²) in [5.41, 5.74) is -1.79. The molecule has 12 heteroatoms. The van der Waals surface area contributed by atoms with Crippen LogP contribution in [0.3, 0.4) is 0 Å². The van der Waals surface area contributed by atoms with Gasteiger partial charge in [0.1, 0.15) is 28.0 Å². The van der Waals surface area contributed by atoms with Crippen molar-refractivity contribution in [1.82, 2.24) is 5.16 Å². The van der Waals surface area contributed by atoms with Crippen molar-refractivity contribution >= 4 is 21.6 Å². The van der Waals surface area contributed by atoms with E-state index in [4.69, 9.17) is 16.7 Å². The van der Waals surface area contributed by atoms with Crippen molar-refractivity contribution in [2.24, 2.45) is 5.14 Å². The number of benzene rings is 2. The van der Waals surface area contributed by atoms with Crippen LogP contribution in [0.1, 0.15) is 12.2 Å². The van der Waals surface area contributed by atoms with Crippen LogP contribution >= 0.6 is 11.6 Å². The molecule has 2 aromatic carbocycles. The molecular weight excluding hydrogens is 431 g/mol. The van der Waals surface area contributed by atoms with Gasteiger partial charge in [0.25, 0.3) is 6.43 Å². The van der Waals surface area contributed by atoms with Gasteiger partial charge in [-0.05, 0) is 30.3 Å². The SMILES string of the molecule is NS(=O)(=O)c1cc(F)c(-c2c(-c3ccc(F)c(Cl)c3)noc2C(F)F)cc1F. The molecule has 1 heterocycles. The van der Waals surface area contributed by atoms with Crippen LogP contribution in [0.5, 0.6) is 0 Å². The van der Waals surface area contributed by atoms with E-state index in [9.17, 15) is 30.4 Å². The van der Waals surface area contributed by atoms with Gasteiger partial charge in [0.2, 0.25) is 15.8 Å². The van der Waals surface area contributed by atoms with Crippen LogP contribution in [-0.4, -0.2) is 13.6 Å². The molecule has 3 rings (SSSR count). The van der Waals surface area contributed by atoms with E-state index in [0.717, 1.165) is 18.2 Å². The third-order valence-corrected chi connectivity index (χ3v) is 4.92. The Bertz CT molecular complexity index is 1180. The van der Waals surface area contributed by atoms with Crippen molar-refractivity contribution in [2.45, 2.75) is 11.3 Å². The van der Waals surface area contributed by atoms with Gasteiger partial charge in [-0.3, -0.25) is 0 Å². The van der Waals surface area contributed by atoms with E-state index in [1.165, 1.54) is 0 Å². The lowest BCUT2D eigenvalue weighted by molar-refractivity contribution is 0.113. The maximum atomic E-state index is 14.5. The standard InChI is InChI=1S/C16H8ClF5N2O3S/c17-8-3-6(1-2-9(8)18)14-13(15(16(21)22)27-24-14)7-4-11(20)12(5-10(7)19)28(23,25)26/h1-5,16H,(H2,23,25,26). The predicted octanol–water partition coefficient (Wildman–Crippen LogP) is 4.66. The van der Waals surface area contributed by atoms with Crippen molar-refractivity contribution < 1.29 is 34.9 Å². The molecule has 148 valence electrons. The van der Waals surface area contributed by atoms with Gasteiger partial charge in [0.05, 0.1) is 10.6 Å². The minimum atomic E-state index is -4.60. The molecule has 0 fully saturated rings. The summed E-state index contributed by atoms with van der Waals surface area (Å²) in [6.07, 6.45) is -3.27. The molecule has 3 aromatic rings. The minimum absolute atomic E-state index is 0.0209. The summed E-state index contributed by atoms with van der Waals surface area (Å²) in [6.45, 7) is 0. The Labute approximate surface area is 159 Å². The van der Waals surface area contributed by atoms with Crippen LogP contribution in [0.25, 0.3) is 22.4 Å². The zero-order chi connectivity index (χ0) is 20.8. The summed E-state index contributed by atoms with van der Waals surface area (Å²) < 4.78 is 95.9. The Hall–Kier alpha value is -2.50. The van der Waals surface area contributed by atoms with E-state index in [-0.39, 0.29) is 22.3 Å². The summed E-state index contributed by atoms with van der Waals surface area (Å²) in [7, 11) is -4.60. The van der Waals surface area contributed by atoms with E-state index < -0.39 is 55.7 Å². The van der Waals surface area contributed by atoms with Crippen molar-refractivity contribution in [3.05, 3.63) is 58.6 Å². The van der Waals surface area contributed by atoms with Gasteiger partial charge in [-0.2, -0.15) is 0 Å². The number of primary sulfonamides is 1. The fourth-order valence-electron chi connectivity index (χ4n) is 2.49. The minimum Gasteiger partial charge on any atom is -0.354 e. The average molecular weight is 439 g/mol. The molecule has 0 amide bonds. The van der Waals surface area contributed by atoms with Crippen LogP contribution in [-0.2, 0) is 10.0 Å².